The number of halogens is 2. The van der Waals surface area contributed by atoms with Crippen LogP contribution in [0.1, 0.15) is 11.3 Å². The van der Waals surface area contributed by atoms with Gasteiger partial charge in [0.2, 0.25) is 0 Å². The molecule has 0 saturated carbocycles. The molecule has 2 rings (SSSR count). The third-order valence-corrected chi connectivity index (χ3v) is 3.57. The second kappa shape index (κ2) is 6.24. The first-order valence-electron chi connectivity index (χ1n) is 5.92. The van der Waals surface area contributed by atoms with Crippen LogP contribution in [0.15, 0.2) is 36.4 Å². The van der Waals surface area contributed by atoms with Gasteiger partial charge in [0.15, 0.2) is 0 Å². The fourth-order valence-electron chi connectivity index (χ4n) is 1.79. The summed E-state index contributed by atoms with van der Waals surface area (Å²) in [5.41, 5.74) is 7.36. The quantitative estimate of drug-likeness (QED) is 0.939. The van der Waals surface area contributed by atoms with Crippen LogP contribution < -0.4 is 10.6 Å². The van der Waals surface area contributed by atoms with Crippen LogP contribution in [0.4, 0.5) is 5.82 Å². The molecule has 2 aromatic rings. The molecule has 19 heavy (non-hydrogen) atoms. The van der Waals surface area contributed by atoms with E-state index >= 15 is 0 Å². The van der Waals surface area contributed by atoms with E-state index in [1.165, 1.54) is 0 Å². The molecule has 1 aromatic heterocycles. The number of nitrogens with zero attached hydrogens (tertiary/aromatic N) is 2. The van der Waals surface area contributed by atoms with Crippen LogP contribution in [0.2, 0.25) is 10.0 Å². The molecule has 0 aliphatic heterocycles. The van der Waals surface area contributed by atoms with Crippen LogP contribution in [0.3, 0.4) is 0 Å². The standard InChI is InChI=1S/C14H15Cl2N3/c1-19(9-10-4-2-3-5-11(10)15)14-7-6-12(16)13(8-17)18-14/h2-7H,8-9,17H2,1H3. The lowest BCUT2D eigenvalue weighted by atomic mass is 10.2. The van der Waals surface area contributed by atoms with Gasteiger partial charge < -0.3 is 10.6 Å². The van der Waals surface area contributed by atoms with Crippen molar-refractivity contribution in [1.29, 1.82) is 0 Å². The van der Waals surface area contributed by atoms with E-state index in [2.05, 4.69) is 4.98 Å². The van der Waals surface area contributed by atoms with Crippen molar-refractivity contribution in [2.75, 3.05) is 11.9 Å². The normalized spacial score (nSPS) is 10.5. The molecule has 1 aromatic carbocycles. The van der Waals surface area contributed by atoms with Gasteiger partial charge >= 0.3 is 0 Å². The van der Waals surface area contributed by atoms with E-state index in [1.54, 1.807) is 0 Å². The van der Waals surface area contributed by atoms with Crippen molar-refractivity contribution in [3.8, 4) is 0 Å². The number of anilines is 1. The third-order valence-electron chi connectivity index (χ3n) is 2.85. The first-order valence-corrected chi connectivity index (χ1v) is 6.67. The summed E-state index contributed by atoms with van der Waals surface area (Å²) >= 11 is 12.2. The summed E-state index contributed by atoms with van der Waals surface area (Å²) < 4.78 is 0. The van der Waals surface area contributed by atoms with Crippen LogP contribution in [0, 0.1) is 0 Å². The number of hydrogen-bond acceptors (Lipinski definition) is 3. The molecule has 2 N–H and O–H groups in total. The molecule has 0 aliphatic rings. The molecule has 0 saturated heterocycles. The van der Waals surface area contributed by atoms with Crippen molar-refractivity contribution in [2.24, 2.45) is 5.73 Å². The molecule has 3 nitrogen and oxygen atoms in total. The van der Waals surface area contributed by atoms with Gasteiger partial charge in [0.25, 0.3) is 0 Å². The van der Waals surface area contributed by atoms with E-state index < -0.39 is 0 Å². The van der Waals surface area contributed by atoms with Crippen LogP contribution in [-0.2, 0) is 13.1 Å². The maximum atomic E-state index is 6.15. The Balaban J connectivity index is 2.20. The molecule has 0 spiro atoms. The molecule has 5 heteroatoms. The van der Waals surface area contributed by atoms with E-state index in [-0.39, 0.29) is 0 Å². The number of rotatable bonds is 4. The fourth-order valence-corrected chi connectivity index (χ4v) is 2.17. The fraction of sp³-hybridized carbons (Fsp3) is 0.214. The number of benzene rings is 1. The average molecular weight is 296 g/mol. The maximum absolute atomic E-state index is 6.15. The summed E-state index contributed by atoms with van der Waals surface area (Å²) in [5, 5.41) is 1.35. The van der Waals surface area contributed by atoms with Gasteiger partial charge in [0.1, 0.15) is 5.82 Å². The Bertz CT molecular complexity index is 572. The van der Waals surface area contributed by atoms with Gasteiger partial charge in [0.05, 0.1) is 10.7 Å². The highest BCUT2D eigenvalue weighted by atomic mass is 35.5. The number of pyridine rings is 1. The molecule has 0 radical (unpaired) electrons. The van der Waals surface area contributed by atoms with Crippen LogP contribution in [-0.4, -0.2) is 12.0 Å². The minimum absolute atomic E-state index is 0.326. The van der Waals surface area contributed by atoms with Crippen LogP contribution in [0.25, 0.3) is 0 Å². The lowest BCUT2D eigenvalue weighted by Crippen LogP contribution is -2.18. The first-order chi connectivity index (χ1) is 9.11. The third kappa shape index (κ3) is 3.38. The van der Waals surface area contributed by atoms with E-state index in [4.69, 9.17) is 28.9 Å². The average Bonchev–Trinajstić information content (AvgIpc) is 2.42. The smallest absolute Gasteiger partial charge is 0.129 e. The first kappa shape index (κ1) is 14.1. The molecule has 0 amide bonds. The molecule has 100 valence electrons. The van der Waals surface area contributed by atoms with Crippen LogP contribution in [0.5, 0.6) is 0 Å². The predicted molar refractivity (Wildman–Crippen MR) is 80.7 cm³/mol. The van der Waals surface area contributed by atoms with Crippen molar-refractivity contribution in [1.82, 2.24) is 4.98 Å². The van der Waals surface area contributed by atoms with Gasteiger partial charge in [-0.3, -0.25) is 0 Å². The SMILES string of the molecule is CN(Cc1ccccc1Cl)c1ccc(Cl)c(CN)n1. The zero-order valence-electron chi connectivity index (χ0n) is 10.6. The van der Waals surface area contributed by atoms with Crippen molar-refractivity contribution in [3.63, 3.8) is 0 Å². The van der Waals surface area contributed by atoms with E-state index in [9.17, 15) is 0 Å². The van der Waals surface area contributed by atoms with Gasteiger partial charge in [0, 0.05) is 25.2 Å². The lowest BCUT2D eigenvalue weighted by Gasteiger charge is -2.19. The Morgan fingerprint density at radius 3 is 2.53 bits per heavy atom. The molecular formula is C14H15Cl2N3. The molecule has 0 unspecified atom stereocenters. The number of hydrogen-bond donors (Lipinski definition) is 1. The summed E-state index contributed by atoms with van der Waals surface area (Å²) in [6, 6.07) is 11.5. The summed E-state index contributed by atoms with van der Waals surface area (Å²) in [7, 11) is 1.96. The van der Waals surface area contributed by atoms with Crippen molar-refractivity contribution < 1.29 is 0 Å². The Kier molecular flexibility index (Phi) is 4.64. The topological polar surface area (TPSA) is 42.1 Å². The molecule has 0 aliphatic carbocycles. The van der Waals surface area contributed by atoms with Gasteiger partial charge in [-0.2, -0.15) is 0 Å². The van der Waals surface area contributed by atoms with E-state index in [1.807, 2.05) is 48.3 Å². The summed E-state index contributed by atoms with van der Waals surface area (Å²) in [5.74, 6) is 0.824. The largest absolute Gasteiger partial charge is 0.355 e. The van der Waals surface area contributed by atoms with Gasteiger partial charge in [-0.15, -0.1) is 0 Å². The Hall–Kier alpha value is -1.29. The van der Waals surface area contributed by atoms with Gasteiger partial charge in [-0.1, -0.05) is 41.4 Å². The minimum atomic E-state index is 0.326. The molecule has 0 bridgehead atoms. The van der Waals surface area contributed by atoms with Crippen molar-refractivity contribution in [3.05, 3.63) is 57.7 Å². The Morgan fingerprint density at radius 2 is 1.84 bits per heavy atom. The summed E-state index contributed by atoms with van der Waals surface area (Å²) in [4.78, 5) is 6.45. The number of aromatic nitrogens is 1. The molecule has 0 atom stereocenters. The molecule has 0 fully saturated rings. The second-order valence-electron chi connectivity index (χ2n) is 4.25. The van der Waals surface area contributed by atoms with E-state index in [0.717, 1.165) is 16.4 Å². The zero-order chi connectivity index (χ0) is 13.8. The summed E-state index contributed by atoms with van der Waals surface area (Å²) in [6.45, 7) is 1.00. The highest BCUT2D eigenvalue weighted by molar-refractivity contribution is 6.31. The van der Waals surface area contributed by atoms with Crippen LogP contribution >= 0.6 is 23.2 Å². The molecular weight excluding hydrogens is 281 g/mol. The van der Waals surface area contributed by atoms with Crippen molar-refractivity contribution in [2.45, 2.75) is 13.1 Å². The zero-order valence-corrected chi connectivity index (χ0v) is 12.1. The second-order valence-corrected chi connectivity index (χ2v) is 5.06. The monoisotopic (exact) mass is 295 g/mol. The number of nitrogens with two attached hydrogens (primary N) is 1. The molecule has 1 heterocycles. The van der Waals surface area contributed by atoms with Gasteiger partial charge in [-0.25, -0.2) is 4.98 Å². The van der Waals surface area contributed by atoms with Crippen molar-refractivity contribution >= 4 is 29.0 Å². The summed E-state index contributed by atoms with van der Waals surface area (Å²) in [6.07, 6.45) is 0. The highest BCUT2D eigenvalue weighted by Crippen LogP contribution is 2.22. The predicted octanol–water partition coefficient (Wildman–Crippen LogP) is 3.48. The maximum Gasteiger partial charge on any atom is 0.129 e. The Morgan fingerprint density at radius 1 is 1.11 bits per heavy atom. The minimum Gasteiger partial charge on any atom is -0.355 e. The highest BCUT2D eigenvalue weighted by Gasteiger charge is 2.08. The van der Waals surface area contributed by atoms with E-state index in [0.29, 0.717) is 23.8 Å². The Labute approximate surface area is 123 Å². The van der Waals surface area contributed by atoms with Gasteiger partial charge in [-0.05, 0) is 23.8 Å². The lowest BCUT2D eigenvalue weighted by molar-refractivity contribution is 0.878.